The predicted octanol–water partition coefficient (Wildman–Crippen LogP) is 3.00. The van der Waals surface area contributed by atoms with Gasteiger partial charge in [-0.3, -0.25) is 4.99 Å². The molecule has 0 saturated carbocycles. The van der Waals surface area contributed by atoms with E-state index in [2.05, 4.69) is 29.4 Å². The van der Waals surface area contributed by atoms with Gasteiger partial charge in [0, 0.05) is 36.8 Å². The van der Waals surface area contributed by atoms with Crippen LogP contribution in [-0.4, -0.2) is 51.4 Å². The maximum atomic E-state index is 13.4. The van der Waals surface area contributed by atoms with Crippen molar-refractivity contribution < 1.29 is 9.13 Å². The van der Waals surface area contributed by atoms with Gasteiger partial charge in [0.1, 0.15) is 5.82 Å². The summed E-state index contributed by atoms with van der Waals surface area (Å²) >= 11 is 0. The molecular weight excluding hydrogens is 446 g/mol. The summed E-state index contributed by atoms with van der Waals surface area (Å²) in [5.74, 6) is 0.715. The summed E-state index contributed by atoms with van der Waals surface area (Å²) in [6, 6.07) is 7.25. The summed E-state index contributed by atoms with van der Waals surface area (Å²) in [6.07, 6.45) is 2.03. The van der Waals surface area contributed by atoms with Gasteiger partial charge < -0.3 is 20.3 Å². The summed E-state index contributed by atoms with van der Waals surface area (Å²) < 4.78 is 18.7. The van der Waals surface area contributed by atoms with Crippen molar-refractivity contribution in [2.75, 3.05) is 44.3 Å². The number of ether oxygens (including phenoxy) is 1. The van der Waals surface area contributed by atoms with Gasteiger partial charge in [-0.25, -0.2) is 4.39 Å². The number of anilines is 1. The second kappa shape index (κ2) is 9.73. The summed E-state index contributed by atoms with van der Waals surface area (Å²) in [4.78, 5) is 6.99. The number of nitrogens with one attached hydrogen (secondary N) is 2. The first-order valence-corrected chi connectivity index (χ1v) is 9.21. The standard InChI is InChI=1S/C19H29FN4O.HI/c1-3-21-18(22-12-19(2)13-25-14-19)23-16-7-9-24(10-8-16)17-6-4-5-15(20)11-17;/h4-6,11,16H,3,7-10,12-14H2,1-2H3,(H2,21,22,23);1H. The van der Waals surface area contributed by atoms with Gasteiger partial charge in [0.05, 0.1) is 19.8 Å². The molecule has 0 radical (unpaired) electrons. The molecule has 0 bridgehead atoms. The minimum atomic E-state index is -0.173. The average molecular weight is 476 g/mol. The minimum absolute atomic E-state index is 0. The lowest BCUT2D eigenvalue weighted by atomic mass is 9.89. The number of piperidine rings is 1. The van der Waals surface area contributed by atoms with E-state index in [0.29, 0.717) is 6.04 Å². The third kappa shape index (κ3) is 5.70. The quantitative estimate of drug-likeness (QED) is 0.390. The van der Waals surface area contributed by atoms with Gasteiger partial charge >= 0.3 is 0 Å². The number of benzene rings is 1. The number of rotatable bonds is 5. The Morgan fingerprint density at radius 2 is 2.08 bits per heavy atom. The van der Waals surface area contributed by atoms with Crippen molar-refractivity contribution in [1.82, 2.24) is 10.6 Å². The molecule has 0 spiro atoms. The van der Waals surface area contributed by atoms with E-state index in [1.165, 1.54) is 6.07 Å². The van der Waals surface area contributed by atoms with Gasteiger partial charge in [-0.1, -0.05) is 13.0 Å². The van der Waals surface area contributed by atoms with Gasteiger partial charge in [0.25, 0.3) is 0 Å². The van der Waals surface area contributed by atoms with E-state index in [0.717, 1.165) is 63.9 Å². The molecule has 1 aromatic carbocycles. The van der Waals surface area contributed by atoms with Crippen LogP contribution in [0.15, 0.2) is 29.3 Å². The molecule has 0 aliphatic carbocycles. The van der Waals surface area contributed by atoms with Gasteiger partial charge in [0.15, 0.2) is 5.96 Å². The van der Waals surface area contributed by atoms with Gasteiger partial charge in [-0.15, -0.1) is 24.0 Å². The lowest BCUT2D eigenvalue weighted by Crippen LogP contribution is -2.49. The largest absolute Gasteiger partial charge is 0.380 e. The first-order valence-electron chi connectivity index (χ1n) is 9.21. The van der Waals surface area contributed by atoms with E-state index in [4.69, 9.17) is 9.73 Å². The zero-order chi connectivity index (χ0) is 17.7. The Morgan fingerprint density at radius 1 is 1.35 bits per heavy atom. The Morgan fingerprint density at radius 3 is 2.65 bits per heavy atom. The van der Waals surface area contributed by atoms with Gasteiger partial charge in [0.2, 0.25) is 0 Å². The molecule has 7 heteroatoms. The van der Waals surface area contributed by atoms with Crippen LogP contribution in [0.25, 0.3) is 0 Å². The first kappa shape index (κ1) is 21.2. The Labute approximate surface area is 172 Å². The average Bonchev–Trinajstić information content (AvgIpc) is 2.59. The molecule has 1 aromatic rings. The highest BCUT2D eigenvalue weighted by Gasteiger charge is 2.33. The van der Waals surface area contributed by atoms with Crippen LogP contribution in [0.5, 0.6) is 0 Å². The van der Waals surface area contributed by atoms with Crippen molar-refractivity contribution in [3.63, 3.8) is 0 Å². The maximum absolute atomic E-state index is 13.4. The molecule has 2 heterocycles. The third-order valence-corrected chi connectivity index (χ3v) is 4.87. The smallest absolute Gasteiger partial charge is 0.191 e. The van der Waals surface area contributed by atoms with E-state index < -0.39 is 0 Å². The van der Waals surface area contributed by atoms with E-state index in [9.17, 15) is 4.39 Å². The van der Waals surface area contributed by atoms with E-state index in [-0.39, 0.29) is 35.2 Å². The molecule has 5 nitrogen and oxygen atoms in total. The zero-order valence-corrected chi connectivity index (χ0v) is 18.0. The summed E-state index contributed by atoms with van der Waals surface area (Å²) in [5, 5.41) is 6.89. The summed E-state index contributed by atoms with van der Waals surface area (Å²) in [6.45, 7) is 9.35. The Kier molecular flexibility index (Phi) is 7.94. The van der Waals surface area contributed by atoms with Crippen LogP contribution < -0.4 is 15.5 Å². The highest BCUT2D eigenvalue weighted by Crippen LogP contribution is 2.26. The Balaban J connectivity index is 0.00000243. The lowest BCUT2D eigenvalue weighted by Gasteiger charge is -2.37. The number of hydrogen-bond donors (Lipinski definition) is 2. The minimum Gasteiger partial charge on any atom is -0.380 e. The molecule has 2 saturated heterocycles. The van der Waals surface area contributed by atoms with Crippen molar-refractivity contribution >= 4 is 35.6 Å². The third-order valence-electron chi connectivity index (χ3n) is 4.87. The molecule has 0 atom stereocenters. The van der Waals surface area contributed by atoms with Crippen molar-refractivity contribution in [3.05, 3.63) is 30.1 Å². The predicted molar refractivity (Wildman–Crippen MR) is 115 cm³/mol. The first-order chi connectivity index (χ1) is 12.1. The van der Waals surface area contributed by atoms with E-state index >= 15 is 0 Å². The second-order valence-corrected chi connectivity index (χ2v) is 7.38. The van der Waals surface area contributed by atoms with Crippen molar-refractivity contribution in [3.8, 4) is 0 Å². The van der Waals surface area contributed by atoms with Crippen LogP contribution in [-0.2, 0) is 4.74 Å². The molecule has 2 fully saturated rings. The van der Waals surface area contributed by atoms with Crippen LogP contribution in [0, 0.1) is 11.2 Å². The molecule has 26 heavy (non-hydrogen) atoms. The number of aliphatic imine (C=N–C) groups is 1. The van der Waals surface area contributed by atoms with E-state index in [1.54, 1.807) is 12.1 Å². The number of halogens is 2. The SMILES string of the molecule is CCNC(=NCC1(C)COC1)NC1CCN(c2cccc(F)c2)CC1.I. The van der Waals surface area contributed by atoms with Crippen LogP contribution in [0.4, 0.5) is 10.1 Å². The van der Waals surface area contributed by atoms with E-state index in [1.807, 2.05) is 6.07 Å². The monoisotopic (exact) mass is 476 g/mol. The highest BCUT2D eigenvalue weighted by molar-refractivity contribution is 14.0. The number of hydrogen-bond acceptors (Lipinski definition) is 3. The molecular formula is C19H30FIN4O. The molecule has 0 aromatic heterocycles. The van der Waals surface area contributed by atoms with Crippen LogP contribution in [0.3, 0.4) is 0 Å². The fourth-order valence-electron chi connectivity index (χ4n) is 3.28. The topological polar surface area (TPSA) is 48.9 Å². The van der Waals surface area contributed by atoms with Crippen LogP contribution in [0.1, 0.15) is 26.7 Å². The highest BCUT2D eigenvalue weighted by atomic mass is 127. The molecule has 146 valence electrons. The van der Waals surface area contributed by atoms with Crippen molar-refractivity contribution in [1.29, 1.82) is 0 Å². The summed E-state index contributed by atoms with van der Waals surface area (Å²) in [5.41, 5.74) is 1.15. The fourth-order valence-corrected chi connectivity index (χ4v) is 3.28. The van der Waals surface area contributed by atoms with Gasteiger partial charge in [-0.05, 0) is 38.0 Å². The zero-order valence-electron chi connectivity index (χ0n) is 15.6. The molecule has 3 rings (SSSR count). The van der Waals surface area contributed by atoms with Crippen molar-refractivity contribution in [2.24, 2.45) is 10.4 Å². The van der Waals surface area contributed by atoms with Crippen LogP contribution >= 0.6 is 24.0 Å². The maximum Gasteiger partial charge on any atom is 0.191 e. The van der Waals surface area contributed by atoms with Crippen LogP contribution in [0.2, 0.25) is 0 Å². The molecule has 0 unspecified atom stereocenters. The second-order valence-electron chi connectivity index (χ2n) is 7.38. The lowest BCUT2D eigenvalue weighted by molar-refractivity contribution is -0.0945. The van der Waals surface area contributed by atoms with Gasteiger partial charge in [-0.2, -0.15) is 0 Å². The Bertz CT molecular complexity index is 601. The molecule has 0 amide bonds. The molecule has 2 aliphatic heterocycles. The normalized spacial score (nSPS) is 20.1. The Hall–Kier alpha value is -1.09. The molecule has 2 aliphatic rings. The summed E-state index contributed by atoms with van der Waals surface area (Å²) in [7, 11) is 0. The molecule has 2 N–H and O–H groups in total. The fraction of sp³-hybridized carbons (Fsp3) is 0.632. The number of guanidine groups is 1. The van der Waals surface area contributed by atoms with Crippen molar-refractivity contribution in [2.45, 2.75) is 32.7 Å². The number of nitrogens with zero attached hydrogens (tertiary/aromatic N) is 2.